The quantitative estimate of drug-likeness (QED) is 0.661. The van der Waals surface area contributed by atoms with Crippen molar-refractivity contribution in [2.45, 2.75) is 91.6 Å². The van der Waals surface area contributed by atoms with E-state index in [1.807, 2.05) is 0 Å². The Hall–Kier alpha value is -0.0400. The van der Waals surface area contributed by atoms with E-state index in [4.69, 9.17) is 0 Å². The number of hydrogen-bond acceptors (Lipinski definition) is 1. The maximum Gasteiger partial charge on any atom is 0.0548 e. The molecule has 0 aliphatic heterocycles. The van der Waals surface area contributed by atoms with E-state index in [-0.39, 0.29) is 6.10 Å². The SMILES string of the molecule is C[C@H](O)[C@@H]1[C@H](C)C[C@@H]2[C@@H]3CC[C@H]4CCCC[C@]4(C)[C@@H]3CC[C@]12C. The minimum Gasteiger partial charge on any atom is -0.393 e. The third-order valence-corrected chi connectivity index (χ3v) is 9.54. The van der Waals surface area contributed by atoms with Crippen LogP contribution in [-0.4, -0.2) is 11.2 Å². The molecule has 0 unspecified atom stereocenters. The van der Waals surface area contributed by atoms with Crippen molar-refractivity contribution in [3.05, 3.63) is 0 Å². The topological polar surface area (TPSA) is 20.2 Å². The second-order valence-electron chi connectivity index (χ2n) is 10.4. The monoisotopic (exact) mass is 318 g/mol. The summed E-state index contributed by atoms with van der Waals surface area (Å²) in [6, 6.07) is 0. The van der Waals surface area contributed by atoms with E-state index in [0.717, 1.165) is 23.7 Å². The fourth-order valence-corrected chi connectivity index (χ4v) is 8.72. The molecule has 0 bridgehead atoms. The average molecular weight is 319 g/mol. The van der Waals surface area contributed by atoms with Gasteiger partial charge in [0.15, 0.2) is 0 Å². The summed E-state index contributed by atoms with van der Waals surface area (Å²) in [5.41, 5.74) is 1.06. The van der Waals surface area contributed by atoms with Crippen LogP contribution in [0.5, 0.6) is 0 Å². The molecule has 4 aliphatic carbocycles. The second-order valence-corrected chi connectivity index (χ2v) is 10.4. The van der Waals surface area contributed by atoms with Crippen molar-refractivity contribution in [3.63, 3.8) is 0 Å². The van der Waals surface area contributed by atoms with Crippen LogP contribution in [0.25, 0.3) is 0 Å². The van der Waals surface area contributed by atoms with E-state index < -0.39 is 0 Å². The zero-order valence-electron chi connectivity index (χ0n) is 15.9. The van der Waals surface area contributed by atoms with Gasteiger partial charge < -0.3 is 5.11 Å². The predicted octanol–water partition coefficient (Wildman–Crippen LogP) is 5.66. The molecule has 0 amide bonds. The summed E-state index contributed by atoms with van der Waals surface area (Å²) in [5.74, 6) is 5.09. The number of rotatable bonds is 1. The van der Waals surface area contributed by atoms with Gasteiger partial charge in [0, 0.05) is 0 Å². The van der Waals surface area contributed by atoms with E-state index in [0.29, 0.717) is 22.7 Å². The summed E-state index contributed by atoms with van der Waals surface area (Å²) >= 11 is 0. The van der Waals surface area contributed by atoms with Crippen molar-refractivity contribution in [3.8, 4) is 0 Å². The third kappa shape index (κ3) is 2.21. The number of fused-ring (bicyclic) bond motifs is 5. The molecule has 0 aromatic rings. The van der Waals surface area contributed by atoms with Crippen LogP contribution in [-0.2, 0) is 0 Å². The molecular formula is C22H38O. The normalized spacial score (nSPS) is 57.3. The van der Waals surface area contributed by atoms with Crippen molar-refractivity contribution < 1.29 is 5.11 Å². The van der Waals surface area contributed by atoms with Gasteiger partial charge in [-0.2, -0.15) is 0 Å². The van der Waals surface area contributed by atoms with Gasteiger partial charge in [0.25, 0.3) is 0 Å². The van der Waals surface area contributed by atoms with Gasteiger partial charge >= 0.3 is 0 Å². The van der Waals surface area contributed by atoms with Gasteiger partial charge in [-0.1, -0.05) is 33.6 Å². The van der Waals surface area contributed by atoms with Crippen LogP contribution in [0, 0.1) is 46.3 Å². The van der Waals surface area contributed by atoms with Crippen molar-refractivity contribution in [2.75, 3.05) is 0 Å². The lowest BCUT2D eigenvalue weighted by Crippen LogP contribution is -2.53. The first-order chi connectivity index (χ1) is 10.9. The van der Waals surface area contributed by atoms with E-state index in [9.17, 15) is 5.11 Å². The molecule has 4 rings (SSSR count). The molecule has 9 atom stereocenters. The standard InChI is InChI=1S/C22H38O/c1-14-13-19-17-9-8-16-7-5-6-11-21(16,3)18(17)10-12-22(19,4)20(14)15(2)23/h14-20,23H,5-13H2,1-4H3/t14-,15+,16-,17-,18-,19-,20+,21+,22+/m1/s1. The fourth-order valence-electron chi connectivity index (χ4n) is 8.72. The minimum absolute atomic E-state index is 0.127. The zero-order chi connectivity index (χ0) is 16.4. The number of aliphatic hydroxyl groups excluding tert-OH is 1. The van der Waals surface area contributed by atoms with Crippen molar-refractivity contribution in [2.24, 2.45) is 46.3 Å². The Kier molecular flexibility index (Phi) is 3.91. The molecule has 1 nitrogen and oxygen atoms in total. The summed E-state index contributed by atoms with van der Waals surface area (Å²) in [6.07, 6.45) is 13.0. The Morgan fingerprint density at radius 2 is 1.70 bits per heavy atom. The van der Waals surface area contributed by atoms with Crippen LogP contribution >= 0.6 is 0 Å². The van der Waals surface area contributed by atoms with E-state index in [1.165, 1.54) is 57.8 Å². The molecule has 0 heterocycles. The highest BCUT2D eigenvalue weighted by molar-refractivity contribution is 5.10. The van der Waals surface area contributed by atoms with Crippen molar-refractivity contribution in [1.82, 2.24) is 0 Å². The average Bonchev–Trinajstić information content (AvgIpc) is 2.77. The lowest BCUT2D eigenvalue weighted by atomic mass is 9.45. The van der Waals surface area contributed by atoms with Crippen LogP contribution in [0.2, 0.25) is 0 Å². The minimum atomic E-state index is -0.127. The van der Waals surface area contributed by atoms with Crippen LogP contribution in [0.3, 0.4) is 0 Å². The van der Waals surface area contributed by atoms with Gasteiger partial charge in [-0.15, -0.1) is 0 Å². The highest BCUT2D eigenvalue weighted by Crippen LogP contribution is 2.68. The molecule has 4 aliphatic rings. The summed E-state index contributed by atoms with van der Waals surface area (Å²) in [5, 5.41) is 10.5. The highest BCUT2D eigenvalue weighted by atomic mass is 16.3. The van der Waals surface area contributed by atoms with Crippen molar-refractivity contribution >= 4 is 0 Å². The van der Waals surface area contributed by atoms with E-state index >= 15 is 0 Å². The predicted molar refractivity (Wildman–Crippen MR) is 96.1 cm³/mol. The van der Waals surface area contributed by atoms with Crippen molar-refractivity contribution in [1.29, 1.82) is 0 Å². The van der Waals surface area contributed by atoms with Crippen LogP contribution in [0.4, 0.5) is 0 Å². The van der Waals surface area contributed by atoms with Crippen LogP contribution in [0.15, 0.2) is 0 Å². The molecule has 4 fully saturated rings. The molecule has 1 heteroatoms. The van der Waals surface area contributed by atoms with Gasteiger partial charge in [-0.05, 0) is 98.2 Å². The maximum absolute atomic E-state index is 10.5. The second kappa shape index (κ2) is 5.48. The summed E-state index contributed by atoms with van der Waals surface area (Å²) < 4.78 is 0. The molecule has 0 radical (unpaired) electrons. The van der Waals surface area contributed by atoms with Gasteiger partial charge in [0.05, 0.1) is 6.10 Å². The Bertz CT molecular complexity index is 457. The van der Waals surface area contributed by atoms with Crippen LogP contribution < -0.4 is 0 Å². The molecule has 0 aromatic carbocycles. The largest absolute Gasteiger partial charge is 0.393 e. The van der Waals surface area contributed by atoms with Gasteiger partial charge in [-0.25, -0.2) is 0 Å². The van der Waals surface area contributed by atoms with E-state index in [1.54, 1.807) is 0 Å². The third-order valence-electron chi connectivity index (χ3n) is 9.54. The smallest absolute Gasteiger partial charge is 0.0548 e. The van der Waals surface area contributed by atoms with Crippen LogP contribution in [0.1, 0.15) is 85.5 Å². The zero-order valence-corrected chi connectivity index (χ0v) is 15.9. The maximum atomic E-state index is 10.5. The Balaban J connectivity index is 1.64. The molecule has 23 heavy (non-hydrogen) atoms. The molecule has 4 saturated carbocycles. The highest BCUT2D eigenvalue weighted by Gasteiger charge is 2.61. The summed E-state index contributed by atoms with van der Waals surface area (Å²) in [7, 11) is 0. The first-order valence-electron chi connectivity index (χ1n) is 10.6. The van der Waals surface area contributed by atoms with Gasteiger partial charge in [0.1, 0.15) is 0 Å². The van der Waals surface area contributed by atoms with Gasteiger partial charge in [0.2, 0.25) is 0 Å². The molecular weight excluding hydrogens is 280 g/mol. The number of aliphatic hydroxyl groups is 1. The Morgan fingerprint density at radius 1 is 0.913 bits per heavy atom. The molecule has 0 spiro atoms. The molecule has 0 aromatic heterocycles. The van der Waals surface area contributed by atoms with Gasteiger partial charge in [-0.3, -0.25) is 0 Å². The number of hydrogen-bond donors (Lipinski definition) is 1. The molecule has 0 saturated heterocycles. The first kappa shape index (κ1) is 16.4. The lowest BCUT2D eigenvalue weighted by Gasteiger charge is -2.60. The fraction of sp³-hybridized carbons (Fsp3) is 1.00. The molecule has 1 N–H and O–H groups in total. The van der Waals surface area contributed by atoms with E-state index in [2.05, 4.69) is 27.7 Å². The molecule has 132 valence electrons. The summed E-state index contributed by atoms with van der Waals surface area (Å²) in [6.45, 7) is 9.69. The Labute approximate surface area is 143 Å². The lowest BCUT2D eigenvalue weighted by molar-refractivity contribution is -0.119. The summed E-state index contributed by atoms with van der Waals surface area (Å²) in [4.78, 5) is 0. The first-order valence-corrected chi connectivity index (χ1v) is 10.6. The Morgan fingerprint density at radius 3 is 2.43 bits per heavy atom.